The average molecular weight is 192 g/mol. The molecule has 4 nitrogen and oxygen atoms in total. The molecule has 0 aromatic rings. The molecule has 0 radical (unpaired) electrons. The lowest BCUT2D eigenvalue weighted by molar-refractivity contribution is -0.152. The van der Waals surface area contributed by atoms with E-state index in [1.807, 2.05) is 0 Å². The molecule has 1 aliphatic heterocycles. The van der Waals surface area contributed by atoms with Gasteiger partial charge < -0.3 is 4.74 Å². The third-order valence-electron chi connectivity index (χ3n) is 1.86. The summed E-state index contributed by atoms with van der Waals surface area (Å²) in [7, 11) is -2.98. The molecule has 70 valence electrons. The van der Waals surface area contributed by atoms with Crippen LogP contribution in [-0.2, 0) is 19.4 Å². The van der Waals surface area contributed by atoms with Crippen LogP contribution in [0.4, 0.5) is 0 Å². The quantitative estimate of drug-likeness (QED) is 0.554. The first-order valence-electron chi connectivity index (χ1n) is 3.73. The zero-order chi connectivity index (χ0) is 9.41. The Kier molecular flexibility index (Phi) is 2.16. The van der Waals surface area contributed by atoms with Crippen molar-refractivity contribution < 1.29 is 17.9 Å². The Bertz CT molecular complexity index is 293. The number of ether oxygens (including phenoxy) is 1. The number of sulfone groups is 1. The molecule has 5 heteroatoms. The summed E-state index contributed by atoms with van der Waals surface area (Å²) in [5.41, 5.74) is -0.787. The van der Waals surface area contributed by atoms with Crippen molar-refractivity contribution in [2.45, 2.75) is 25.9 Å². The predicted molar refractivity (Wildman–Crippen MR) is 43.4 cm³/mol. The van der Waals surface area contributed by atoms with Gasteiger partial charge in [-0.05, 0) is 6.92 Å². The minimum absolute atomic E-state index is 0.0421. The molecule has 1 rings (SSSR count). The van der Waals surface area contributed by atoms with E-state index in [1.165, 1.54) is 6.92 Å². The first-order valence-corrected chi connectivity index (χ1v) is 5.55. The van der Waals surface area contributed by atoms with E-state index in [-0.39, 0.29) is 11.5 Å². The molecule has 0 aliphatic carbocycles. The van der Waals surface area contributed by atoms with E-state index in [1.54, 1.807) is 6.92 Å². The Labute approximate surface area is 71.8 Å². The highest BCUT2D eigenvalue weighted by Crippen LogP contribution is 2.26. The summed E-state index contributed by atoms with van der Waals surface area (Å²) in [6, 6.07) is 0. The molecule has 0 saturated carbocycles. The highest BCUT2D eigenvalue weighted by Gasteiger charge is 2.40. The Balaban J connectivity index is 2.71. The van der Waals surface area contributed by atoms with E-state index in [0.717, 1.165) is 0 Å². The second kappa shape index (κ2) is 2.73. The fraction of sp³-hybridized carbons (Fsp3) is 0.857. The van der Waals surface area contributed by atoms with Crippen molar-refractivity contribution in [1.29, 1.82) is 0 Å². The van der Waals surface area contributed by atoms with E-state index in [4.69, 9.17) is 4.74 Å². The number of hydrogen-bond donors (Lipinski definition) is 0. The van der Waals surface area contributed by atoms with E-state index in [2.05, 4.69) is 0 Å². The lowest BCUT2D eigenvalue weighted by atomic mass is 10.1. The maximum atomic E-state index is 11.0. The molecule has 0 spiro atoms. The fourth-order valence-corrected chi connectivity index (χ4v) is 3.43. The standard InChI is InChI=1S/C7H12O4S/c1-6(8)11-7(2)3-4-12(9,10)5-7/h3-5H2,1-2H3/t7-/m1/s1. The monoisotopic (exact) mass is 192 g/mol. The predicted octanol–water partition coefficient (Wildman–Crippen LogP) is 0.127. The summed E-state index contributed by atoms with van der Waals surface area (Å²) in [6.07, 6.45) is 0.412. The second-order valence-electron chi connectivity index (χ2n) is 3.39. The topological polar surface area (TPSA) is 60.4 Å². The molecule has 0 unspecified atom stereocenters. The van der Waals surface area contributed by atoms with Crippen molar-refractivity contribution in [3.05, 3.63) is 0 Å². The summed E-state index contributed by atoms with van der Waals surface area (Å²) in [6.45, 7) is 2.94. The number of carbonyl (C=O) groups excluding carboxylic acids is 1. The van der Waals surface area contributed by atoms with Crippen LogP contribution in [0.2, 0.25) is 0 Å². The van der Waals surface area contributed by atoms with Crippen LogP contribution >= 0.6 is 0 Å². The maximum absolute atomic E-state index is 11.0. The zero-order valence-corrected chi connectivity index (χ0v) is 7.98. The molecule has 12 heavy (non-hydrogen) atoms. The van der Waals surface area contributed by atoms with Gasteiger partial charge in [-0.3, -0.25) is 4.79 Å². The first-order chi connectivity index (χ1) is 5.33. The third-order valence-corrected chi connectivity index (χ3v) is 3.73. The summed E-state index contributed by atoms with van der Waals surface area (Å²) >= 11 is 0. The molecule has 1 aliphatic rings. The molecule has 1 atom stereocenters. The highest BCUT2D eigenvalue weighted by atomic mass is 32.2. The van der Waals surface area contributed by atoms with Gasteiger partial charge in [0.2, 0.25) is 0 Å². The van der Waals surface area contributed by atoms with Crippen LogP contribution in [0, 0.1) is 0 Å². The molecular weight excluding hydrogens is 180 g/mol. The third kappa shape index (κ3) is 2.20. The Morgan fingerprint density at radius 3 is 2.42 bits per heavy atom. The van der Waals surface area contributed by atoms with Gasteiger partial charge in [0, 0.05) is 13.3 Å². The van der Waals surface area contributed by atoms with Gasteiger partial charge in [0.15, 0.2) is 9.84 Å². The van der Waals surface area contributed by atoms with Crippen molar-refractivity contribution >= 4 is 15.8 Å². The van der Waals surface area contributed by atoms with Crippen LogP contribution < -0.4 is 0 Å². The second-order valence-corrected chi connectivity index (χ2v) is 5.57. The lowest BCUT2D eigenvalue weighted by Gasteiger charge is -2.21. The number of carbonyl (C=O) groups is 1. The number of hydrogen-bond acceptors (Lipinski definition) is 4. The van der Waals surface area contributed by atoms with E-state index < -0.39 is 21.4 Å². The summed E-state index contributed by atoms with van der Waals surface area (Å²) in [5.74, 6) is -0.342. The fourth-order valence-electron chi connectivity index (χ4n) is 1.41. The lowest BCUT2D eigenvalue weighted by Crippen LogP contribution is -2.31. The van der Waals surface area contributed by atoms with Crippen LogP contribution in [0.5, 0.6) is 0 Å². The van der Waals surface area contributed by atoms with Crippen LogP contribution in [0.15, 0.2) is 0 Å². The number of rotatable bonds is 1. The molecular formula is C7H12O4S. The van der Waals surface area contributed by atoms with Crippen LogP contribution in [-0.4, -0.2) is 31.5 Å². The van der Waals surface area contributed by atoms with Crippen molar-refractivity contribution in [2.75, 3.05) is 11.5 Å². The van der Waals surface area contributed by atoms with Crippen LogP contribution in [0.3, 0.4) is 0 Å². The first kappa shape index (κ1) is 9.51. The van der Waals surface area contributed by atoms with Crippen molar-refractivity contribution in [3.63, 3.8) is 0 Å². The largest absolute Gasteiger partial charge is 0.458 e. The summed E-state index contributed by atoms with van der Waals surface area (Å²) in [5, 5.41) is 0. The minimum atomic E-state index is -2.98. The van der Waals surface area contributed by atoms with Crippen molar-refractivity contribution in [1.82, 2.24) is 0 Å². The highest BCUT2D eigenvalue weighted by molar-refractivity contribution is 7.91. The Morgan fingerprint density at radius 1 is 1.50 bits per heavy atom. The summed E-state index contributed by atoms with van der Waals surface area (Å²) in [4.78, 5) is 10.6. The Morgan fingerprint density at radius 2 is 2.08 bits per heavy atom. The minimum Gasteiger partial charge on any atom is -0.458 e. The SMILES string of the molecule is CC(=O)O[C@]1(C)CCS(=O)(=O)C1. The summed E-state index contributed by atoms with van der Waals surface area (Å²) < 4.78 is 27.0. The molecule has 1 heterocycles. The zero-order valence-electron chi connectivity index (χ0n) is 7.16. The van der Waals surface area contributed by atoms with Gasteiger partial charge in [-0.25, -0.2) is 8.42 Å². The van der Waals surface area contributed by atoms with Gasteiger partial charge in [0.25, 0.3) is 0 Å². The molecule has 1 saturated heterocycles. The molecule has 0 amide bonds. The van der Waals surface area contributed by atoms with E-state index in [9.17, 15) is 13.2 Å². The number of esters is 1. The van der Waals surface area contributed by atoms with Crippen molar-refractivity contribution in [3.8, 4) is 0 Å². The van der Waals surface area contributed by atoms with Gasteiger partial charge in [-0.2, -0.15) is 0 Å². The van der Waals surface area contributed by atoms with Gasteiger partial charge in [-0.15, -0.1) is 0 Å². The van der Waals surface area contributed by atoms with Gasteiger partial charge in [-0.1, -0.05) is 0 Å². The van der Waals surface area contributed by atoms with Crippen LogP contribution in [0.1, 0.15) is 20.3 Å². The average Bonchev–Trinajstić information content (AvgIpc) is 2.03. The van der Waals surface area contributed by atoms with E-state index in [0.29, 0.717) is 6.42 Å². The normalized spacial score (nSPS) is 33.2. The van der Waals surface area contributed by atoms with E-state index >= 15 is 0 Å². The molecule has 0 aromatic carbocycles. The van der Waals surface area contributed by atoms with Gasteiger partial charge in [0.05, 0.1) is 11.5 Å². The van der Waals surface area contributed by atoms with Crippen molar-refractivity contribution in [2.24, 2.45) is 0 Å². The smallest absolute Gasteiger partial charge is 0.303 e. The van der Waals surface area contributed by atoms with Gasteiger partial charge in [0.1, 0.15) is 5.60 Å². The van der Waals surface area contributed by atoms with Gasteiger partial charge >= 0.3 is 5.97 Å². The van der Waals surface area contributed by atoms with Crippen LogP contribution in [0.25, 0.3) is 0 Å². The molecule has 0 bridgehead atoms. The molecule has 0 aromatic heterocycles. The molecule has 1 fully saturated rings. The molecule has 0 N–H and O–H groups in total. The Hall–Kier alpha value is -0.580. The maximum Gasteiger partial charge on any atom is 0.303 e.